The molecule has 2 amide bonds. The third kappa shape index (κ3) is 5.36. The van der Waals surface area contributed by atoms with E-state index in [1.54, 1.807) is 32.9 Å². The first-order valence-corrected chi connectivity index (χ1v) is 7.43. The number of hydrogen-bond donors (Lipinski definition) is 3. The zero-order valence-corrected chi connectivity index (χ0v) is 14.1. The molecule has 3 N–H and O–H groups in total. The number of benzene rings is 1. The van der Waals surface area contributed by atoms with Gasteiger partial charge in [-0.05, 0) is 54.4 Å². The lowest BCUT2D eigenvalue weighted by Crippen LogP contribution is -2.41. The molecule has 0 saturated carbocycles. The predicted molar refractivity (Wildman–Crippen MR) is 86.0 cm³/mol. The summed E-state index contributed by atoms with van der Waals surface area (Å²) >= 11 is 3.19. The lowest BCUT2D eigenvalue weighted by Gasteiger charge is -2.08. The molecular formula is C14H18BrN3O4. The second kappa shape index (κ2) is 8.38. The van der Waals surface area contributed by atoms with Gasteiger partial charge < -0.3 is 15.2 Å². The van der Waals surface area contributed by atoms with Crippen LogP contribution in [0.2, 0.25) is 0 Å². The van der Waals surface area contributed by atoms with Gasteiger partial charge in [0, 0.05) is 6.04 Å². The number of halogens is 1. The third-order valence-electron chi connectivity index (χ3n) is 2.36. The number of carbonyl (C=O) groups excluding carboxylic acids is 2. The van der Waals surface area contributed by atoms with Crippen LogP contribution in [0.5, 0.6) is 11.5 Å². The highest BCUT2D eigenvalue weighted by molar-refractivity contribution is 9.10. The molecule has 120 valence electrons. The van der Waals surface area contributed by atoms with E-state index in [2.05, 4.69) is 31.8 Å². The molecule has 0 aromatic heterocycles. The van der Waals surface area contributed by atoms with Gasteiger partial charge in [-0.15, -0.1) is 0 Å². The van der Waals surface area contributed by atoms with Gasteiger partial charge in [0.2, 0.25) is 0 Å². The zero-order valence-electron chi connectivity index (χ0n) is 12.5. The molecule has 0 bridgehead atoms. The molecule has 0 saturated heterocycles. The van der Waals surface area contributed by atoms with Crippen LogP contribution in [0.1, 0.15) is 26.3 Å². The van der Waals surface area contributed by atoms with Gasteiger partial charge in [0.1, 0.15) is 0 Å². The molecule has 0 heterocycles. The molecule has 1 aromatic carbocycles. The predicted octanol–water partition coefficient (Wildman–Crippen LogP) is 1.53. The number of phenols is 1. The molecule has 0 spiro atoms. The van der Waals surface area contributed by atoms with E-state index in [-0.39, 0.29) is 11.8 Å². The maximum absolute atomic E-state index is 11.4. The van der Waals surface area contributed by atoms with Crippen LogP contribution in [-0.2, 0) is 9.59 Å². The number of rotatable bonds is 5. The van der Waals surface area contributed by atoms with Crippen LogP contribution in [0.3, 0.4) is 0 Å². The molecule has 0 unspecified atom stereocenters. The number of phenolic OH excluding ortho intramolecular Hbond substituents is 1. The Morgan fingerprint density at radius 2 is 2.09 bits per heavy atom. The van der Waals surface area contributed by atoms with Gasteiger partial charge in [0.05, 0.1) is 17.3 Å². The number of nitrogens with one attached hydrogen (secondary N) is 2. The van der Waals surface area contributed by atoms with Gasteiger partial charge in [-0.1, -0.05) is 0 Å². The summed E-state index contributed by atoms with van der Waals surface area (Å²) in [7, 11) is 0. The van der Waals surface area contributed by atoms with Gasteiger partial charge in [0.25, 0.3) is 0 Å². The molecule has 7 nitrogen and oxygen atoms in total. The fourth-order valence-electron chi connectivity index (χ4n) is 1.48. The Morgan fingerprint density at radius 1 is 1.41 bits per heavy atom. The van der Waals surface area contributed by atoms with Gasteiger partial charge in [-0.25, -0.2) is 5.43 Å². The Bertz CT molecular complexity index is 588. The zero-order chi connectivity index (χ0) is 16.7. The van der Waals surface area contributed by atoms with Crippen molar-refractivity contribution in [3.63, 3.8) is 0 Å². The number of aromatic hydroxyl groups is 1. The number of ether oxygens (including phenoxy) is 1. The van der Waals surface area contributed by atoms with E-state index >= 15 is 0 Å². The van der Waals surface area contributed by atoms with Crippen LogP contribution in [0.4, 0.5) is 0 Å². The van der Waals surface area contributed by atoms with E-state index in [1.165, 1.54) is 6.21 Å². The summed E-state index contributed by atoms with van der Waals surface area (Å²) in [6.45, 7) is 5.68. The normalized spacial score (nSPS) is 10.8. The average Bonchev–Trinajstić information content (AvgIpc) is 2.43. The number of amides is 2. The van der Waals surface area contributed by atoms with E-state index in [4.69, 9.17) is 4.74 Å². The third-order valence-corrected chi connectivity index (χ3v) is 2.96. The largest absolute Gasteiger partial charge is 0.503 e. The second-order valence-electron chi connectivity index (χ2n) is 4.61. The quantitative estimate of drug-likeness (QED) is 0.415. The second-order valence-corrected chi connectivity index (χ2v) is 5.46. The number of nitrogens with zero attached hydrogens (tertiary/aromatic N) is 1. The van der Waals surface area contributed by atoms with Crippen molar-refractivity contribution in [2.75, 3.05) is 6.61 Å². The van der Waals surface area contributed by atoms with Gasteiger partial charge >= 0.3 is 11.8 Å². The van der Waals surface area contributed by atoms with Crippen molar-refractivity contribution in [1.29, 1.82) is 0 Å². The molecule has 1 aromatic rings. The van der Waals surface area contributed by atoms with Crippen LogP contribution >= 0.6 is 15.9 Å². The van der Waals surface area contributed by atoms with Crippen LogP contribution in [-0.4, -0.2) is 35.8 Å². The Balaban J connectivity index is 2.74. The fourth-order valence-corrected chi connectivity index (χ4v) is 1.94. The van der Waals surface area contributed by atoms with Crippen molar-refractivity contribution in [2.45, 2.75) is 26.8 Å². The van der Waals surface area contributed by atoms with Gasteiger partial charge in [-0.3, -0.25) is 9.59 Å². The summed E-state index contributed by atoms with van der Waals surface area (Å²) in [5, 5.41) is 15.9. The van der Waals surface area contributed by atoms with E-state index in [0.717, 1.165) is 0 Å². The minimum atomic E-state index is -0.854. The summed E-state index contributed by atoms with van der Waals surface area (Å²) < 4.78 is 5.71. The molecule has 0 radical (unpaired) electrons. The lowest BCUT2D eigenvalue weighted by molar-refractivity contribution is -0.139. The molecule has 0 fully saturated rings. The van der Waals surface area contributed by atoms with Crippen LogP contribution in [0.15, 0.2) is 21.7 Å². The molecule has 22 heavy (non-hydrogen) atoms. The first-order chi connectivity index (χ1) is 10.3. The highest BCUT2D eigenvalue weighted by Crippen LogP contribution is 2.34. The molecule has 0 atom stereocenters. The first kappa shape index (κ1) is 18.0. The molecule has 0 aliphatic carbocycles. The number of carbonyl (C=O) groups is 2. The van der Waals surface area contributed by atoms with Crippen LogP contribution < -0.4 is 15.5 Å². The Hall–Kier alpha value is -2.09. The van der Waals surface area contributed by atoms with Crippen molar-refractivity contribution in [2.24, 2.45) is 5.10 Å². The standard InChI is InChI=1S/C14H18BrN3O4/c1-4-22-11-6-9(5-10(15)12(11)19)7-16-18-14(21)13(20)17-8(2)3/h5-8,19H,4H2,1-3H3,(H,17,20)(H,18,21)/b16-7+. The molecular weight excluding hydrogens is 354 g/mol. The monoisotopic (exact) mass is 371 g/mol. The maximum Gasteiger partial charge on any atom is 0.329 e. The topological polar surface area (TPSA) is 100 Å². The van der Waals surface area contributed by atoms with Crippen LogP contribution in [0.25, 0.3) is 0 Å². The van der Waals surface area contributed by atoms with E-state index in [0.29, 0.717) is 22.4 Å². The van der Waals surface area contributed by atoms with Gasteiger partial charge in [0.15, 0.2) is 11.5 Å². The Labute approximate surface area is 136 Å². The lowest BCUT2D eigenvalue weighted by atomic mass is 10.2. The summed E-state index contributed by atoms with van der Waals surface area (Å²) in [6, 6.07) is 3.03. The van der Waals surface area contributed by atoms with Crippen molar-refractivity contribution >= 4 is 34.0 Å². The molecule has 0 aliphatic rings. The highest BCUT2D eigenvalue weighted by Gasteiger charge is 2.13. The molecule has 1 rings (SSSR count). The Morgan fingerprint density at radius 3 is 2.68 bits per heavy atom. The minimum absolute atomic E-state index is 0.0145. The van der Waals surface area contributed by atoms with Crippen LogP contribution in [0, 0.1) is 0 Å². The smallest absolute Gasteiger partial charge is 0.329 e. The molecule has 8 heteroatoms. The van der Waals surface area contributed by atoms with Crippen molar-refractivity contribution in [1.82, 2.24) is 10.7 Å². The minimum Gasteiger partial charge on any atom is -0.503 e. The fraction of sp³-hybridized carbons (Fsp3) is 0.357. The van der Waals surface area contributed by atoms with Gasteiger partial charge in [-0.2, -0.15) is 5.10 Å². The number of hydrazone groups is 1. The summed E-state index contributed by atoms with van der Waals surface area (Å²) in [4.78, 5) is 22.8. The Kier molecular flexibility index (Phi) is 6.84. The number of hydrogen-bond acceptors (Lipinski definition) is 5. The van der Waals surface area contributed by atoms with Crippen molar-refractivity contribution < 1.29 is 19.4 Å². The van der Waals surface area contributed by atoms with E-state index in [1.807, 2.05) is 0 Å². The average molecular weight is 372 g/mol. The summed E-state index contributed by atoms with van der Waals surface area (Å²) in [6.07, 6.45) is 1.34. The maximum atomic E-state index is 11.4. The molecule has 0 aliphatic heterocycles. The first-order valence-electron chi connectivity index (χ1n) is 6.64. The SMILES string of the molecule is CCOc1cc(/C=N/NC(=O)C(=O)NC(C)C)cc(Br)c1O. The van der Waals surface area contributed by atoms with Crippen molar-refractivity contribution in [3.8, 4) is 11.5 Å². The summed E-state index contributed by atoms with van der Waals surface area (Å²) in [5.41, 5.74) is 2.70. The van der Waals surface area contributed by atoms with E-state index in [9.17, 15) is 14.7 Å². The highest BCUT2D eigenvalue weighted by atomic mass is 79.9. The summed E-state index contributed by atoms with van der Waals surface area (Å²) in [5.74, 6) is -1.33. The van der Waals surface area contributed by atoms with E-state index < -0.39 is 11.8 Å². The van der Waals surface area contributed by atoms with Crippen molar-refractivity contribution in [3.05, 3.63) is 22.2 Å².